The maximum atomic E-state index is 12.7. The number of rotatable bonds is 32. The molecular weight excluding hydrogens is 532 g/mol. The molecule has 1 aliphatic carbocycles. The number of carbonyl (C=O) groups excluding carboxylic acids is 2. The summed E-state index contributed by atoms with van der Waals surface area (Å²) >= 11 is 0. The van der Waals surface area contributed by atoms with Gasteiger partial charge in [0.1, 0.15) is 0 Å². The summed E-state index contributed by atoms with van der Waals surface area (Å²) in [5.74, 6) is -0.390. The molecule has 0 spiro atoms. The smallest absolute Gasteiger partial charge is 0.247 e. The minimum absolute atomic E-state index is 0.320. The highest BCUT2D eigenvalue weighted by molar-refractivity contribution is 5.81. The molecular formula is C39H74O4. The molecule has 1 fully saturated rings. The predicted octanol–water partition coefficient (Wildman–Crippen LogP) is 13.1. The van der Waals surface area contributed by atoms with E-state index in [0.29, 0.717) is 12.3 Å². The second-order valence-electron chi connectivity index (χ2n) is 14.1. The average Bonchev–Trinajstić information content (AvgIpc) is 3.68. The first kappa shape index (κ1) is 40.0. The van der Waals surface area contributed by atoms with Gasteiger partial charge in [-0.25, -0.2) is 19.4 Å². The Hall–Kier alpha value is -1.06. The molecule has 0 bridgehead atoms. The Morgan fingerprint density at radius 3 is 1.12 bits per heavy atom. The van der Waals surface area contributed by atoms with Crippen LogP contribution in [0.4, 0.5) is 0 Å². The normalized spacial score (nSPS) is 17.7. The van der Waals surface area contributed by atoms with Gasteiger partial charge in [-0.2, -0.15) is 0 Å². The fourth-order valence-electron chi connectivity index (χ4n) is 6.71. The molecule has 4 heteroatoms. The van der Waals surface area contributed by atoms with Crippen LogP contribution >= 0.6 is 0 Å². The molecule has 254 valence electrons. The average molecular weight is 607 g/mol. The van der Waals surface area contributed by atoms with Gasteiger partial charge in [-0.1, -0.05) is 201 Å². The van der Waals surface area contributed by atoms with Crippen LogP contribution in [0.15, 0.2) is 0 Å². The highest BCUT2D eigenvalue weighted by Crippen LogP contribution is 2.56. The molecule has 0 N–H and O–H groups in total. The summed E-state index contributed by atoms with van der Waals surface area (Å²) in [6.45, 7) is 6.67. The molecule has 1 rings (SSSR count). The minimum atomic E-state index is -0.411. The third-order valence-corrected chi connectivity index (χ3v) is 10.0. The molecule has 43 heavy (non-hydrogen) atoms. The maximum absolute atomic E-state index is 12.7. The monoisotopic (exact) mass is 607 g/mol. The molecule has 0 aromatic rings. The highest BCUT2D eigenvalue weighted by Gasteiger charge is 2.58. The standard InChI is InChI=1S/C39H74O4/c1-4-6-8-10-12-14-16-18-20-21-23-25-27-29-31-33-37(40)42-43-38(41)39(35-36(39)3)34-32-30-28-26-24-22-19-17-15-13-11-9-7-5-2/h36H,4-35H2,1-3H3. The second-order valence-corrected chi connectivity index (χ2v) is 14.1. The summed E-state index contributed by atoms with van der Waals surface area (Å²) in [5.41, 5.74) is -0.411. The lowest BCUT2D eigenvalue weighted by atomic mass is 9.95. The van der Waals surface area contributed by atoms with E-state index >= 15 is 0 Å². The molecule has 1 saturated carbocycles. The van der Waals surface area contributed by atoms with Crippen molar-refractivity contribution in [2.75, 3.05) is 0 Å². The molecule has 1 aliphatic rings. The van der Waals surface area contributed by atoms with E-state index in [-0.39, 0.29) is 5.97 Å². The van der Waals surface area contributed by atoms with Crippen LogP contribution < -0.4 is 0 Å². The lowest BCUT2D eigenvalue weighted by Crippen LogP contribution is -2.23. The van der Waals surface area contributed by atoms with Gasteiger partial charge in [0.2, 0.25) is 0 Å². The molecule has 0 radical (unpaired) electrons. The van der Waals surface area contributed by atoms with Gasteiger partial charge in [0, 0.05) is 0 Å². The Kier molecular flexibility index (Phi) is 26.4. The van der Waals surface area contributed by atoms with E-state index in [1.165, 1.54) is 167 Å². The van der Waals surface area contributed by atoms with Crippen LogP contribution in [0.3, 0.4) is 0 Å². The van der Waals surface area contributed by atoms with Crippen LogP contribution in [0.2, 0.25) is 0 Å². The zero-order valence-corrected chi connectivity index (χ0v) is 29.3. The first-order chi connectivity index (χ1) is 21.1. The Morgan fingerprint density at radius 1 is 0.488 bits per heavy atom. The van der Waals surface area contributed by atoms with Crippen molar-refractivity contribution in [3.8, 4) is 0 Å². The fraction of sp³-hybridized carbons (Fsp3) is 0.949. The van der Waals surface area contributed by atoms with E-state index in [1.807, 2.05) is 0 Å². The van der Waals surface area contributed by atoms with Crippen molar-refractivity contribution >= 4 is 11.9 Å². The highest BCUT2D eigenvalue weighted by atomic mass is 17.2. The van der Waals surface area contributed by atoms with Crippen molar-refractivity contribution in [2.24, 2.45) is 11.3 Å². The Balaban J connectivity index is 1.92. The summed E-state index contributed by atoms with van der Waals surface area (Å²) in [6.07, 6.45) is 40.2. The summed E-state index contributed by atoms with van der Waals surface area (Å²) in [6, 6.07) is 0. The van der Waals surface area contributed by atoms with E-state index in [0.717, 1.165) is 32.1 Å². The number of hydrogen-bond acceptors (Lipinski definition) is 4. The molecule has 0 heterocycles. The topological polar surface area (TPSA) is 52.6 Å². The Bertz CT molecular complexity index is 647. The van der Waals surface area contributed by atoms with Crippen LogP contribution in [-0.2, 0) is 19.4 Å². The number of hydrogen-bond donors (Lipinski definition) is 0. The third kappa shape index (κ3) is 22.1. The van der Waals surface area contributed by atoms with E-state index in [1.54, 1.807) is 0 Å². The van der Waals surface area contributed by atoms with Crippen molar-refractivity contribution < 1.29 is 19.4 Å². The molecule has 2 unspecified atom stereocenters. The van der Waals surface area contributed by atoms with Crippen LogP contribution in [-0.4, -0.2) is 11.9 Å². The molecule has 0 aromatic carbocycles. The lowest BCUT2D eigenvalue weighted by molar-refractivity contribution is -0.264. The van der Waals surface area contributed by atoms with E-state index in [2.05, 4.69) is 20.8 Å². The molecule has 0 aliphatic heterocycles. The molecule has 0 saturated heterocycles. The van der Waals surface area contributed by atoms with Crippen LogP contribution in [0.1, 0.15) is 226 Å². The van der Waals surface area contributed by atoms with Gasteiger partial charge in [-0.3, -0.25) is 0 Å². The van der Waals surface area contributed by atoms with Gasteiger partial charge in [0.25, 0.3) is 0 Å². The first-order valence-electron chi connectivity index (χ1n) is 19.5. The molecule has 0 aromatic heterocycles. The summed E-state index contributed by atoms with van der Waals surface area (Å²) < 4.78 is 0. The van der Waals surface area contributed by atoms with Crippen molar-refractivity contribution in [3.63, 3.8) is 0 Å². The van der Waals surface area contributed by atoms with Gasteiger partial charge in [0.15, 0.2) is 0 Å². The minimum Gasteiger partial charge on any atom is -0.247 e. The first-order valence-corrected chi connectivity index (χ1v) is 19.5. The predicted molar refractivity (Wildman–Crippen MR) is 183 cm³/mol. The quantitative estimate of drug-likeness (QED) is 0.0434. The van der Waals surface area contributed by atoms with Crippen molar-refractivity contribution in [3.05, 3.63) is 0 Å². The third-order valence-electron chi connectivity index (χ3n) is 10.0. The van der Waals surface area contributed by atoms with Gasteiger partial charge in [-0.15, -0.1) is 0 Å². The van der Waals surface area contributed by atoms with Crippen molar-refractivity contribution in [2.45, 2.75) is 226 Å². The number of carbonyl (C=O) groups is 2. The molecule has 4 nitrogen and oxygen atoms in total. The second kappa shape index (κ2) is 28.4. The lowest BCUT2D eigenvalue weighted by Gasteiger charge is -2.14. The summed E-state index contributed by atoms with van der Waals surface area (Å²) in [7, 11) is 0. The Morgan fingerprint density at radius 2 is 0.791 bits per heavy atom. The molecule has 2 atom stereocenters. The van der Waals surface area contributed by atoms with Crippen molar-refractivity contribution in [1.82, 2.24) is 0 Å². The Labute approximate surface area is 268 Å². The van der Waals surface area contributed by atoms with Crippen molar-refractivity contribution in [1.29, 1.82) is 0 Å². The van der Waals surface area contributed by atoms with Crippen LogP contribution in [0, 0.1) is 11.3 Å². The van der Waals surface area contributed by atoms with Crippen LogP contribution in [0.5, 0.6) is 0 Å². The van der Waals surface area contributed by atoms with Gasteiger partial charge >= 0.3 is 11.9 Å². The zero-order valence-electron chi connectivity index (χ0n) is 29.3. The van der Waals surface area contributed by atoms with E-state index in [4.69, 9.17) is 9.78 Å². The van der Waals surface area contributed by atoms with E-state index in [9.17, 15) is 9.59 Å². The van der Waals surface area contributed by atoms with Crippen LogP contribution in [0.25, 0.3) is 0 Å². The summed E-state index contributed by atoms with van der Waals surface area (Å²) in [4.78, 5) is 34.8. The fourth-order valence-corrected chi connectivity index (χ4v) is 6.71. The van der Waals surface area contributed by atoms with Gasteiger partial charge in [-0.05, 0) is 25.2 Å². The maximum Gasteiger partial charge on any atom is 0.361 e. The van der Waals surface area contributed by atoms with Gasteiger partial charge in [0.05, 0.1) is 11.8 Å². The zero-order chi connectivity index (χ0) is 31.3. The number of unbranched alkanes of at least 4 members (excludes halogenated alkanes) is 27. The van der Waals surface area contributed by atoms with Gasteiger partial charge < -0.3 is 0 Å². The molecule has 0 amide bonds. The SMILES string of the molecule is CCCCCCCCCCCCCCCCCC(=O)OOC(=O)C1(CCCCCCCCCCCCCCCC)CC1C. The van der Waals surface area contributed by atoms with E-state index < -0.39 is 11.4 Å². The summed E-state index contributed by atoms with van der Waals surface area (Å²) in [5, 5.41) is 0. The largest absolute Gasteiger partial charge is 0.361 e.